The van der Waals surface area contributed by atoms with Crippen molar-refractivity contribution in [1.29, 1.82) is 0 Å². The number of hydrogen-bond donors (Lipinski definition) is 2. The molecule has 1 aromatic carbocycles. The molecule has 102 valence electrons. The lowest BCUT2D eigenvalue weighted by atomic mass is 10.1. The van der Waals surface area contributed by atoms with E-state index in [1.165, 1.54) is 0 Å². The average Bonchev–Trinajstić information content (AvgIpc) is 2.74. The highest BCUT2D eigenvalue weighted by Gasteiger charge is 2.33. The number of primary amides is 1. The lowest BCUT2D eigenvalue weighted by molar-refractivity contribution is -0.142. The molecule has 1 saturated heterocycles. The summed E-state index contributed by atoms with van der Waals surface area (Å²) in [6, 6.07) is 6.92. The van der Waals surface area contributed by atoms with Gasteiger partial charge in [-0.25, -0.2) is 0 Å². The first-order chi connectivity index (χ1) is 9.06. The number of rotatable bonds is 5. The standard InChI is InChI=1S/C13H17N3O3/c14-10-3-1-2-9(6-10)7-16(8-12(15)17)11-4-5-19-13(11)18/h1-3,6,11H,4-5,7-8,14H2,(H2,15,17). The van der Waals surface area contributed by atoms with Gasteiger partial charge in [0.05, 0.1) is 13.2 Å². The molecule has 1 aliphatic rings. The number of anilines is 1. The van der Waals surface area contributed by atoms with Gasteiger partial charge in [0.15, 0.2) is 0 Å². The van der Waals surface area contributed by atoms with Crippen molar-refractivity contribution in [1.82, 2.24) is 4.90 Å². The van der Waals surface area contributed by atoms with Crippen LogP contribution in [0.15, 0.2) is 24.3 Å². The number of nitrogens with zero attached hydrogens (tertiary/aromatic N) is 1. The molecule has 4 N–H and O–H groups in total. The minimum atomic E-state index is -0.469. The van der Waals surface area contributed by atoms with Crippen LogP contribution in [-0.2, 0) is 20.9 Å². The van der Waals surface area contributed by atoms with Crippen molar-refractivity contribution < 1.29 is 14.3 Å². The Balaban J connectivity index is 2.13. The molecule has 6 nitrogen and oxygen atoms in total. The van der Waals surface area contributed by atoms with Gasteiger partial charge in [-0.2, -0.15) is 0 Å². The van der Waals surface area contributed by atoms with Crippen LogP contribution in [0, 0.1) is 0 Å². The van der Waals surface area contributed by atoms with Gasteiger partial charge < -0.3 is 16.2 Å². The van der Waals surface area contributed by atoms with Gasteiger partial charge in [-0.15, -0.1) is 0 Å². The number of nitrogen functional groups attached to an aromatic ring is 1. The van der Waals surface area contributed by atoms with Gasteiger partial charge in [-0.3, -0.25) is 14.5 Å². The molecule has 0 aromatic heterocycles. The monoisotopic (exact) mass is 263 g/mol. The highest BCUT2D eigenvalue weighted by atomic mass is 16.5. The Morgan fingerprint density at radius 1 is 1.47 bits per heavy atom. The Morgan fingerprint density at radius 3 is 2.84 bits per heavy atom. The van der Waals surface area contributed by atoms with Gasteiger partial charge in [-0.05, 0) is 17.7 Å². The van der Waals surface area contributed by atoms with Crippen LogP contribution in [0.1, 0.15) is 12.0 Å². The summed E-state index contributed by atoms with van der Waals surface area (Å²) in [5.41, 5.74) is 12.5. The van der Waals surface area contributed by atoms with Crippen LogP contribution < -0.4 is 11.5 Å². The molecular formula is C13H17N3O3. The maximum atomic E-state index is 11.6. The van der Waals surface area contributed by atoms with Crippen molar-refractivity contribution in [3.05, 3.63) is 29.8 Å². The summed E-state index contributed by atoms with van der Waals surface area (Å²) in [5.74, 6) is -0.770. The maximum absolute atomic E-state index is 11.6. The van der Waals surface area contributed by atoms with E-state index in [1.807, 2.05) is 18.2 Å². The largest absolute Gasteiger partial charge is 0.464 e. The number of ether oxygens (including phenoxy) is 1. The van der Waals surface area contributed by atoms with Crippen molar-refractivity contribution >= 4 is 17.6 Å². The van der Waals surface area contributed by atoms with Crippen molar-refractivity contribution in [3.63, 3.8) is 0 Å². The van der Waals surface area contributed by atoms with E-state index >= 15 is 0 Å². The van der Waals surface area contributed by atoms with E-state index in [4.69, 9.17) is 16.2 Å². The predicted molar refractivity (Wildman–Crippen MR) is 69.8 cm³/mol. The number of benzene rings is 1. The van der Waals surface area contributed by atoms with E-state index < -0.39 is 11.9 Å². The summed E-state index contributed by atoms with van der Waals surface area (Å²) < 4.78 is 4.93. The number of cyclic esters (lactones) is 1. The number of hydrogen-bond acceptors (Lipinski definition) is 5. The lowest BCUT2D eigenvalue weighted by Gasteiger charge is -2.24. The van der Waals surface area contributed by atoms with E-state index in [0.29, 0.717) is 25.3 Å². The van der Waals surface area contributed by atoms with E-state index in [9.17, 15) is 9.59 Å². The molecule has 0 radical (unpaired) electrons. The zero-order chi connectivity index (χ0) is 13.8. The van der Waals surface area contributed by atoms with Gasteiger partial charge in [-0.1, -0.05) is 12.1 Å². The SMILES string of the molecule is NC(=O)CN(Cc1cccc(N)c1)C1CCOC1=O. The highest BCUT2D eigenvalue weighted by molar-refractivity contribution is 5.80. The number of carbonyl (C=O) groups excluding carboxylic acids is 2. The van der Waals surface area contributed by atoms with E-state index in [2.05, 4.69) is 0 Å². The first-order valence-electron chi connectivity index (χ1n) is 6.09. The molecule has 1 amide bonds. The molecule has 1 aliphatic heterocycles. The summed E-state index contributed by atoms with van der Waals surface area (Å²) in [5, 5.41) is 0. The van der Waals surface area contributed by atoms with Gasteiger partial charge in [0.1, 0.15) is 6.04 Å². The summed E-state index contributed by atoms with van der Waals surface area (Å²) in [4.78, 5) is 24.5. The molecule has 0 spiro atoms. The molecule has 0 saturated carbocycles. The molecular weight excluding hydrogens is 246 g/mol. The fraction of sp³-hybridized carbons (Fsp3) is 0.385. The fourth-order valence-corrected chi connectivity index (χ4v) is 2.22. The van der Waals surface area contributed by atoms with Crippen LogP contribution in [0.25, 0.3) is 0 Å². The Hall–Kier alpha value is -2.08. The number of nitrogens with two attached hydrogens (primary N) is 2. The maximum Gasteiger partial charge on any atom is 0.323 e. The van der Waals surface area contributed by atoms with Gasteiger partial charge >= 0.3 is 5.97 Å². The second-order valence-corrected chi connectivity index (χ2v) is 4.59. The summed E-state index contributed by atoms with van der Waals surface area (Å²) >= 11 is 0. The van der Waals surface area contributed by atoms with Crippen LogP contribution in [-0.4, -0.2) is 36.0 Å². The van der Waals surface area contributed by atoms with E-state index in [1.54, 1.807) is 11.0 Å². The molecule has 0 aliphatic carbocycles. The third-order valence-corrected chi connectivity index (χ3v) is 3.04. The minimum Gasteiger partial charge on any atom is -0.464 e. The first-order valence-corrected chi connectivity index (χ1v) is 6.09. The summed E-state index contributed by atoms with van der Waals surface area (Å²) in [6.45, 7) is 0.845. The Kier molecular flexibility index (Phi) is 4.01. The number of amides is 1. The molecule has 1 heterocycles. The molecule has 19 heavy (non-hydrogen) atoms. The van der Waals surface area contributed by atoms with Crippen LogP contribution in [0.3, 0.4) is 0 Å². The van der Waals surface area contributed by atoms with Crippen LogP contribution in [0.2, 0.25) is 0 Å². The van der Waals surface area contributed by atoms with Crippen LogP contribution >= 0.6 is 0 Å². The number of carbonyl (C=O) groups is 2. The molecule has 6 heteroatoms. The van der Waals surface area contributed by atoms with Crippen molar-refractivity contribution in [2.45, 2.75) is 19.0 Å². The number of esters is 1. The van der Waals surface area contributed by atoms with Crippen molar-refractivity contribution in [3.8, 4) is 0 Å². The fourth-order valence-electron chi connectivity index (χ4n) is 2.22. The Bertz CT molecular complexity index is 490. The molecule has 1 unspecified atom stereocenters. The zero-order valence-corrected chi connectivity index (χ0v) is 10.5. The summed E-state index contributed by atoms with van der Waals surface area (Å²) in [6.07, 6.45) is 0.578. The zero-order valence-electron chi connectivity index (χ0n) is 10.5. The Morgan fingerprint density at radius 2 is 2.26 bits per heavy atom. The molecule has 1 atom stereocenters. The molecule has 2 rings (SSSR count). The Labute approximate surface area is 111 Å². The topological polar surface area (TPSA) is 98.7 Å². The molecule has 0 bridgehead atoms. The lowest BCUT2D eigenvalue weighted by Crippen LogP contribution is -2.43. The normalized spacial score (nSPS) is 18.6. The third-order valence-electron chi connectivity index (χ3n) is 3.04. The molecule has 1 fully saturated rings. The van der Waals surface area contributed by atoms with Gasteiger partial charge in [0, 0.05) is 18.7 Å². The summed E-state index contributed by atoms with van der Waals surface area (Å²) in [7, 11) is 0. The average molecular weight is 263 g/mol. The van der Waals surface area contributed by atoms with Gasteiger partial charge in [0.2, 0.25) is 5.91 Å². The van der Waals surface area contributed by atoms with Gasteiger partial charge in [0.25, 0.3) is 0 Å². The highest BCUT2D eigenvalue weighted by Crippen LogP contribution is 2.18. The quantitative estimate of drug-likeness (QED) is 0.569. The van der Waals surface area contributed by atoms with Crippen LogP contribution in [0.4, 0.5) is 5.69 Å². The van der Waals surface area contributed by atoms with Crippen molar-refractivity contribution in [2.24, 2.45) is 5.73 Å². The molecule has 1 aromatic rings. The third kappa shape index (κ3) is 3.45. The van der Waals surface area contributed by atoms with E-state index in [0.717, 1.165) is 5.56 Å². The van der Waals surface area contributed by atoms with Crippen molar-refractivity contribution in [2.75, 3.05) is 18.9 Å². The van der Waals surface area contributed by atoms with E-state index in [-0.39, 0.29) is 12.5 Å². The first kappa shape index (κ1) is 13.4. The second kappa shape index (κ2) is 5.71. The van der Waals surface area contributed by atoms with Crippen LogP contribution in [0.5, 0.6) is 0 Å². The second-order valence-electron chi connectivity index (χ2n) is 4.59. The minimum absolute atomic E-state index is 0.0224. The smallest absolute Gasteiger partial charge is 0.323 e. The predicted octanol–water partition coefficient (Wildman–Crippen LogP) is -0.128.